The van der Waals surface area contributed by atoms with Gasteiger partial charge in [-0.1, -0.05) is 0 Å². The predicted molar refractivity (Wildman–Crippen MR) is 50.1 cm³/mol. The number of carboxylic acids is 1. The molecule has 3 N–H and O–H groups in total. The minimum atomic E-state index is -0.910. The van der Waals surface area contributed by atoms with Crippen molar-refractivity contribution in [1.82, 2.24) is 5.32 Å². The first-order chi connectivity index (χ1) is 7.16. The number of rotatable bonds is 7. The molecule has 0 aromatic rings. The van der Waals surface area contributed by atoms with Gasteiger partial charge in [-0.2, -0.15) is 0 Å². The van der Waals surface area contributed by atoms with Crippen molar-refractivity contribution in [2.24, 2.45) is 11.8 Å². The van der Waals surface area contributed by atoms with Crippen molar-refractivity contribution in [2.45, 2.75) is 6.42 Å². The van der Waals surface area contributed by atoms with E-state index in [4.69, 9.17) is 14.9 Å². The molecule has 2 atom stereocenters. The van der Waals surface area contributed by atoms with E-state index in [1.807, 2.05) is 0 Å². The van der Waals surface area contributed by atoms with Crippen LogP contribution in [-0.4, -0.2) is 48.5 Å². The number of aliphatic carboxylic acids is 1. The Morgan fingerprint density at radius 1 is 1.33 bits per heavy atom. The maximum atomic E-state index is 11.3. The molecule has 0 spiro atoms. The van der Waals surface area contributed by atoms with Gasteiger partial charge in [0.15, 0.2) is 0 Å². The van der Waals surface area contributed by atoms with Crippen LogP contribution in [0.1, 0.15) is 6.42 Å². The Morgan fingerprint density at radius 3 is 2.60 bits per heavy atom. The SMILES string of the molecule is O=C(O)[C@H]1C[C@H]1C(=O)NCCOCCO. The van der Waals surface area contributed by atoms with Gasteiger partial charge in [-0.25, -0.2) is 0 Å². The molecule has 1 aliphatic carbocycles. The van der Waals surface area contributed by atoms with Gasteiger partial charge in [0.05, 0.1) is 31.7 Å². The summed E-state index contributed by atoms with van der Waals surface area (Å²) >= 11 is 0. The first-order valence-electron chi connectivity index (χ1n) is 4.86. The van der Waals surface area contributed by atoms with Crippen molar-refractivity contribution >= 4 is 11.9 Å². The molecular formula is C9H15NO5. The van der Waals surface area contributed by atoms with Gasteiger partial charge in [0, 0.05) is 6.54 Å². The van der Waals surface area contributed by atoms with E-state index in [1.165, 1.54) is 0 Å². The third-order valence-electron chi connectivity index (χ3n) is 2.23. The highest BCUT2D eigenvalue weighted by molar-refractivity contribution is 5.89. The molecule has 0 saturated heterocycles. The van der Waals surface area contributed by atoms with E-state index in [1.54, 1.807) is 0 Å². The van der Waals surface area contributed by atoms with E-state index in [9.17, 15) is 9.59 Å². The first-order valence-corrected chi connectivity index (χ1v) is 4.86. The van der Waals surface area contributed by atoms with Crippen LogP contribution >= 0.6 is 0 Å². The number of carboxylic acid groups (broad SMARTS) is 1. The summed E-state index contributed by atoms with van der Waals surface area (Å²) in [6.45, 7) is 0.882. The van der Waals surface area contributed by atoms with Crippen molar-refractivity contribution in [3.05, 3.63) is 0 Å². The van der Waals surface area contributed by atoms with Gasteiger partial charge in [0.1, 0.15) is 0 Å². The van der Waals surface area contributed by atoms with E-state index < -0.39 is 11.9 Å². The summed E-state index contributed by atoms with van der Waals surface area (Å²) in [5.41, 5.74) is 0. The number of hydrogen-bond acceptors (Lipinski definition) is 4. The molecule has 0 aliphatic heterocycles. The summed E-state index contributed by atoms with van der Waals surface area (Å²) in [5.74, 6) is -2.02. The van der Waals surface area contributed by atoms with E-state index >= 15 is 0 Å². The van der Waals surface area contributed by atoms with Crippen LogP contribution in [0.3, 0.4) is 0 Å². The lowest BCUT2D eigenvalue weighted by atomic mass is 10.3. The van der Waals surface area contributed by atoms with Crippen molar-refractivity contribution in [2.75, 3.05) is 26.4 Å². The van der Waals surface area contributed by atoms with E-state index in [-0.39, 0.29) is 25.0 Å². The summed E-state index contributed by atoms with van der Waals surface area (Å²) < 4.78 is 4.93. The molecule has 0 heterocycles. The molecule has 0 unspecified atom stereocenters. The number of nitrogens with one attached hydrogen (secondary N) is 1. The fourth-order valence-corrected chi connectivity index (χ4v) is 1.30. The fraction of sp³-hybridized carbons (Fsp3) is 0.778. The third-order valence-corrected chi connectivity index (χ3v) is 2.23. The zero-order valence-corrected chi connectivity index (χ0v) is 8.31. The topological polar surface area (TPSA) is 95.9 Å². The molecule has 1 amide bonds. The number of ether oxygens (including phenoxy) is 1. The first kappa shape index (κ1) is 11.9. The van der Waals surface area contributed by atoms with Gasteiger partial charge in [0.2, 0.25) is 5.91 Å². The van der Waals surface area contributed by atoms with E-state index in [2.05, 4.69) is 5.32 Å². The Morgan fingerprint density at radius 2 is 2.07 bits per heavy atom. The number of carbonyl (C=O) groups excluding carboxylic acids is 1. The zero-order valence-electron chi connectivity index (χ0n) is 8.31. The molecule has 0 aromatic heterocycles. The van der Waals surface area contributed by atoms with Gasteiger partial charge < -0.3 is 20.3 Å². The van der Waals surface area contributed by atoms with Gasteiger partial charge >= 0.3 is 5.97 Å². The molecule has 1 aliphatic rings. The number of amides is 1. The minimum absolute atomic E-state index is 0.0440. The monoisotopic (exact) mass is 217 g/mol. The average molecular weight is 217 g/mol. The largest absolute Gasteiger partial charge is 0.481 e. The molecule has 0 bridgehead atoms. The Kier molecular flexibility index (Phi) is 4.51. The third kappa shape index (κ3) is 3.85. The predicted octanol–water partition coefficient (Wildman–Crippen LogP) is -1.17. The minimum Gasteiger partial charge on any atom is -0.481 e. The van der Waals surface area contributed by atoms with Crippen LogP contribution in [0.4, 0.5) is 0 Å². The Balaban J connectivity index is 2.03. The van der Waals surface area contributed by atoms with Gasteiger partial charge in [-0.15, -0.1) is 0 Å². The number of aliphatic hydroxyl groups excluding tert-OH is 1. The van der Waals surface area contributed by atoms with E-state index in [0.717, 1.165) is 0 Å². The normalized spacial score (nSPS) is 23.5. The van der Waals surface area contributed by atoms with Crippen LogP contribution in [0.15, 0.2) is 0 Å². The number of aliphatic hydroxyl groups is 1. The van der Waals surface area contributed by atoms with Crippen LogP contribution in [-0.2, 0) is 14.3 Å². The van der Waals surface area contributed by atoms with Gasteiger partial charge in [-0.05, 0) is 6.42 Å². The summed E-state index contributed by atoms with van der Waals surface area (Å²) in [5, 5.41) is 19.6. The molecule has 1 saturated carbocycles. The molecular weight excluding hydrogens is 202 g/mol. The Bertz CT molecular complexity index is 243. The highest BCUT2D eigenvalue weighted by Crippen LogP contribution is 2.38. The smallest absolute Gasteiger partial charge is 0.307 e. The Labute approximate surface area is 87.2 Å². The second-order valence-electron chi connectivity index (χ2n) is 3.41. The average Bonchev–Trinajstić information content (AvgIpc) is 2.96. The quantitative estimate of drug-likeness (QED) is 0.467. The fourth-order valence-electron chi connectivity index (χ4n) is 1.30. The van der Waals surface area contributed by atoms with Crippen molar-refractivity contribution in [3.63, 3.8) is 0 Å². The molecule has 0 radical (unpaired) electrons. The molecule has 1 fully saturated rings. The summed E-state index contributed by atoms with van der Waals surface area (Å²) in [6.07, 6.45) is 0.429. The van der Waals surface area contributed by atoms with Crippen molar-refractivity contribution in [1.29, 1.82) is 0 Å². The lowest BCUT2D eigenvalue weighted by Crippen LogP contribution is -2.29. The molecule has 86 valence electrons. The second kappa shape index (κ2) is 5.67. The standard InChI is InChI=1S/C9H15NO5/c11-2-4-15-3-1-10-8(12)6-5-7(6)9(13)14/h6-7,11H,1-5H2,(H,10,12)(H,13,14)/t6-,7+/m1/s1. The zero-order chi connectivity index (χ0) is 11.3. The molecule has 6 heteroatoms. The highest BCUT2D eigenvalue weighted by Gasteiger charge is 2.48. The maximum Gasteiger partial charge on any atom is 0.307 e. The van der Waals surface area contributed by atoms with Crippen LogP contribution < -0.4 is 5.32 Å². The van der Waals surface area contributed by atoms with Crippen LogP contribution in [0.25, 0.3) is 0 Å². The summed E-state index contributed by atoms with van der Waals surface area (Å²) in [4.78, 5) is 21.7. The van der Waals surface area contributed by atoms with Crippen LogP contribution in [0.5, 0.6) is 0 Å². The number of carbonyl (C=O) groups is 2. The molecule has 1 rings (SSSR count). The second-order valence-corrected chi connectivity index (χ2v) is 3.41. The molecule has 0 aromatic carbocycles. The van der Waals surface area contributed by atoms with Crippen molar-refractivity contribution < 1.29 is 24.5 Å². The molecule has 6 nitrogen and oxygen atoms in total. The maximum absolute atomic E-state index is 11.3. The lowest BCUT2D eigenvalue weighted by molar-refractivity contribution is -0.140. The summed E-state index contributed by atoms with van der Waals surface area (Å²) in [7, 11) is 0. The van der Waals surface area contributed by atoms with Crippen molar-refractivity contribution in [3.8, 4) is 0 Å². The van der Waals surface area contributed by atoms with Gasteiger partial charge in [0.25, 0.3) is 0 Å². The van der Waals surface area contributed by atoms with Crippen LogP contribution in [0, 0.1) is 11.8 Å². The summed E-state index contributed by atoms with van der Waals surface area (Å²) in [6, 6.07) is 0. The van der Waals surface area contributed by atoms with Gasteiger partial charge in [-0.3, -0.25) is 9.59 Å². The highest BCUT2D eigenvalue weighted by atomic mass is 16.5. The molecule has 15 heavy (non-hydrogen) atoms. The number of hydrogen-bond donors (Lipinski definition) is 3. The van der Waals surface area contributed by atoms with E-state index in [0.29, 0.717) is 19.6 Å². The lowest BCUT2D eigenvalue weighted by Gasteiger charge is -2.04. The Hall–Kier alpha value is -1.14. The van der Waals surface area contributed by atoms with Crippen LogP contribution in [0.2, 0.25) is 0 Å².